The highest BCUT2D eigenvalue weighted by Crippen LogP contribution is 2.24. The van der Waals surface area contributed by atoms with Crippen LogP contribution in [0.25, 0.3) is 0 Å². The zero-order valence-corrected chi connectivity index (χ0v) is 41.5. The lowest BCUT2D eigenvalue weighted by molar-refractivity contribution is -0.297. The van der Waals surface area contributed by atoms with Crippen molar-refractivity contribution in [1.82, 2.24) is 0 Å². The number of esters is 2. The summed E-state index contributed by atoms with van der Waals surface area (Å²) in [6.07, 6.45) is 36.8. The maximum Gasteiger partial charge on any atom is 0.306 e. The Kier molecular flexibility index (Phi) is 39.2. The van der Waals surface area contributed by atoms with E-state index in [1.54, 1.807) is 0 Å². The third kappa shape index (κ3) is 35.6. The summed E-state index contributed by atoms with van der Waals surface area (Å²) in [5.74, 6) is -1.97. The van der Waals surface area contributed by atoms with Crippen molar-refractivity contribution in [2.75, 3.05) is 19.0 Å². The fourth-order valence-electron chi connectivity index (χ4n) is 8.26. The van der Waals surface area contributed by atoms with E-state index in [-0.39, 0.29) is 19.4 Å². The van der Waals surface area contributed by atoms with Crippen LogP contribution in [0.4, 0.5) is 0 Å². The van der Waals surface area contributed by atoms with Gasteiger partial charge in [0.15, 0.2) is 12.4 Å². The van der Waals surface area contributed by atoms with Crippen LogP contribution in [0.3, 0.4) is 0 Å². The van der Waals surface area contributed by atoms with Crippen molar-refractivity contribution < 1.29 is 56.8 Å². The van der Waals surface area contributed by atoms with Crippen LogP contribution in [0, 0.1) is 0 Å². The van der Waals surface area contributed by atoms with Crippen molar-refractivity contribution in [2.45, 2.75) is 282 Å². The Hall–Kier alpha value is -1.61. The van der Waals surface area contributed by atoms with Crippen LogP contribution >= 0.6 is 0 Å². The second-order valence-electron chi connectivity index (χ2n) is 18.5. The first-order valence-electron chi connectivity index (χ1n) is 26.2. The fourth-order valence-corrected chi connectivity index (χ4v) is 8.95. The minimum absolute atomic E-state index is 0.167. The number of hydrogen-bond acceptors (Lipinski definition) is 11. The zero-order valence-electron chi connectivity index (χ0n) is 40.7. The molecule has 0 radical (unpaired) electrons. The average Bonchev–Trinajstić information content (AvgIpc) is 3.26. The molecule has 0 bridgehead atoms. The molecule has 0 aliphatic carbocycles. The third-order valence-electron chi connectivity index (χ3n) is 12.3. The second kappa shape index (κ2) is 41.6. The molecule has 0 saturated carbocycles. The molecular formula is C51H96O12S. The van der Waals surface area contributed by atoms with Crippen LogP contribution in [-0.2, 0) is 38.7 Å². The smallest absolute Gasteiger partial charge is 0.306 e. The van der Waals surface area contributed by atoms with E-state index in [1.807, 2.05) is 0 Å². The maximum absolute atomic E-state index is 12.9. The molecule has 0 amide bonds. The maximum atomic E-state index is 12.9. The van der Waals surface area contributed by atoms with Crippen LogP contribution in [-0.4, -0.2) is 96.0 Å². The van der Waals surface area contributed by atoms with E-state index >= 15 is 0 Å². The number of rotatable bonds is 45. The van der Waals surface area contributed by atoms with Crippen molar-refractivity contribution in [3.8, 4) is 0 Å². The first-order valence-corrected chi connectivity index (χ1v) is 27.9. The van der Waals surface area contributed by atoms with E-state index < -0.39 is 71.2 Å². The highest BCUT2D eigenvalue weighted by Gasteiger charge is 2.46. The molecule has 12 nitrogen and oxygen atoms in total. The van der Waals surface area contributed by atoms with Gasteiger partial charge in [0.2, 0.25) is 0 Å². The van der Waals surface area contributed by atoms with Crippen molar-refractivity contribution >= 4 is 22.1 Å². The summed E-state index contributed by atoms with van der Waals surface area (Å²) < 4.78 is 54.2. The summed E-state index contributed by atoms with van der Waals surface area (Å²) in [5, 5.41) is 31.0. The Labute approximate surface area is 390 Å². The molecule has 1 aliphatic heterocycles. The van der Waals surface area contributed by atoms with Crippen molar-refractivity contribution in [2.24, 2.45) is 0 Å². The molecule has 1 heterocycles. The van der Waals surface area contributed by atoms with Gasteiger partial charge < -0.3 is 34.3 Å². The number of carbonyl (C=O) groups excluding carboxylic acids is 2. The van der Waals surface area contributed by atoms with Gasteiger partial charge in [-0.05, 0) is 38.5 Å². The highest BCUT2D eigenvalue weighted by atomic mass is 32.2. The molecule has 1 saturated heterocycles. The Balaban J connectivity index is 2.35. The molecule has 1 aliphatic rings. The number of unbranched alkanes of at least 4 members (excludes halogenated alkanes) is 31. The molecular weight excluding hydrogens is 837 g/mol. The largest absolute Gasteiger partial charge is 0.462 e. The van der Waals surface area contributed by atoms with Crippen LogP contribution in [0.5, 0.6) is 0 Å². The second-order valence-corrected chi connectivity index (χ2v) is 20.0. The Bertz CT molecular complexity index is 1230. The predicted molar refractivity (Wildman–Crippen MR) is 257 cm³/mol. The number of hydrogen-bond donors (Lipinski definition) is 4. The lowest BCUT2D eigenvalue weighted by Gasteiger charge is -2.40. The molecule has 6 unspecified atom stereocenters. The van der Waals surface area contributed by atoms with Gasteiger partial charge in [-0.25, -0.2) is 0 Å². The molecule has 0 aromatic rings. The number of allylic oxidation sites excluding steroid dienone is 2. The number of aliphatic hydroxyl groups is 3. The van der Waals surface area contributed by atoms with Crippen LogP contribution in [0.15, 0.2) is 12.2 Å². The van der Waals surface area contributed by atoms with Crippen LogP contribution in [0.2, 0.25) is 0 Å². The Morgan fingerprint density at radius 2 is 0.891 bits per heavy atom. The summed E-state index contributed by atoms with van der Waals surface area (Å²) in [7, 11) is -4.60. The van der Waals surface area contributed by atoms with Gasteiger partial charge in [-0.15, -0.1) is 0 Å². The SMILES string of the molecule is CCCCCCCCCC/C=C\CCCCCCCCCCCC(=O)OC(COC(=O)CCCCCCCCCCCCCCCCC)COC1OC(CS(=O)(=O)O)C(O)C(O)C1O. The number of aliphatic hydroxyl groups excluding tert-OH is 3. The van der Waals surface area contributed by atoms with Crippen molar-refractivity contribution in [1.29, 1.82) is 0 Å². The molecule has 0 aromatic carbocycles. The van der Waals surface area contributed by atoms with Gasteiger partial charge in [0.25, 0.3) is 10.1 Å². The van der Waals surface area contributed by atoms with Crippen molar-refractivity contribution in [3.63, 3.8) is 0 Å². The van der Waals surface area contributed by atoms with E-state index in [9.17, 15) is 37.9 Å². The van der Waals surface area contributed by atoms with E-state index in [2.05, 4.69) is 26.0 Å². The normalized spacial score (nSPS) is 19.6. The molecule has 0 aromatic heterocycles. The molecule has 6 atom stereocenters. The summed E-state index contributed by atoms with van der Waals surface area (Å²) in [4.78, 5) is 25.5. The van der Waals surface area contributed by atoms with Gasteiger partial charge in [-0.3, -0.25) is 14.1 Å². The molecule has 378 valence electrons. The predicted octanol–water partition coefficient (Wildman–Crippen LogP) is 11.8. The molecule has 64 heavy (non-hydrogen) atoms. The van der Waals surface area contributed by atoms with Gasteiger partial charge in [0, 0.05) is 12.8 Å². The molecule has 13 heteroatoms. The standard InChI is InChI=1S/C51H96O12S/c1-3-5-7-9-11-13-15-17-19-20-21-22-23-24-26-28-30-32-34-36-38-40-47(53)62-44(42-61-51-50(56)49(55)48(54)45(63-51)43-64(57,58)59)41-60-46(52)39-37-35-33-31-29-27-25-18-16-14-12-10-8-6-4-2/h20-21,44-45,48-51,54-56H,3-19,22-43H2,1-2H3,(H,57,58,59)/b21-20-. The Morgan fingerprint density at radius 3 is 1.30 bits per heavy atom. The Morgan fingerprint density at radius 1 is 0.516 bits per heavy atom. The molecule has 1 fully saturated rings. The van der Waals surface area contributed by atoms with E-state index in [1.165, 1.54) is 167 Å². The van der Waals surface area contributed by atoms with Gasteiger partial charge in [-0.1, -0.05) is 206 Å². The van der Waals surface area contributed by atoms with Crippen LogP contribution < -0.4 is 0 Å². The van der Waals surface area contributed by atoms with E-state index in [4.69, 9.17) is 18.9 Å². The van der Waals surface area contributed by atoms with Gasteiger partial charge in [-0.2, -0.15) is 8.42 Å². The summed E-state index contributed by atoms with van der Waals surface area (Å²) in [6.45, 7) is 3.80. The zero-order chi connectivity index (χ0) is 46.9. The number of carbonyl (C=O) groups is 2. The topological polar surface area (TPSA) is 186 Å². The summed E-state index contributed by atoms with van der Waals surface area (Å²) in [6, 6.07) is 0. The van der Waals surface area contributed by atoms with Gasteiger partial charge in [0.1, 0.15) is 36.8 Å². The lowest BCUT2D eigenvalue weighted by Crippen LogP contribution is -2.60. The highest BCUT2D eigenvalue weighted by molar-refractivity contribution is 7.85. The molecule has 1 rings (SSSR count). The minimum Gasteiger partial charge on any atom is -0.462 e. The van der Waals surface area contributed by atoms with Crippen molar-refractivity contribution in [3.05, 3.63) is 12.2 Å². The number of ether oxygens (including phenoxy) is 4. The van der Waals surface area contributed by atoms with Gasteiger partial charge >= 0.3 is 11.9 Å². The first-order chi connectivity index (χ1) is 31.0. The van der Waals surface area contributed by atoms with Crippen LogP contribution in [0.1, 0.15) is 245 Å². The lowest BCUT2D eigenvalue weighted by atomic mass is 10.00. The first kappa shape index (κ1) is 60.4. The molecule has 0 spiro atoms. The third-order valence-corrected chi connectivity index (χ3v) is 13.1. The monoisotopic (exact) mass is 933 g/mol. The quantitative estimate of drug-likeness (QED) is 0.0196. The molecule has 4 N–H and O–H groups in total. The fraction of sp³-hybridized carbons (Fsp3) is 0.922. The van der Waals surface area contributed by atoms with E-state index in [0.29, 0.717) is 12.8 Å². The van der Waals surface area contributed by atoms with Gasteiger partial charge in [0.05, 0.1) is 6.61 Å². The summed E-state index contributed by atoms with van der Waals surface area (Å²) >= 11 is 0. The summed E-state index contributed by atoms with van der Waals surface area (Å²) in [5.41, 5.74) is 0. The van der Waals surface area contributed by atoms with E-state index in [0.717, 1.165) is 38.5 Å². The average molecular weight is 933 g/mol. The minimum atomic E-state index is -4.60.